The fraction of sp³-hybridized carbons (Fsp3) is 0.600. The second-order valence-corrected chi connectivity index (χ2v) is 5.29. The molecule has 0 bridgehead atoms. The van der Waals surface area contributed by atoms with E-state index in [0.29, 0.717) is 0 Å². The second-order valence-electron chi connectivity index (χ2n) is 5.29. The summed E-state index contributed by atoms with van der Waals surface area (Å²) < 4.78 is 0. The molecule has 1 N–H and O–H groups in total. The SMILES string of the molecule is CCNCC1CCN(c2ccccc2N(C)C)C1. The van der Waals surface area contributed by atoms with Crippen LogP contribution in [0.5, 0.6) is 0 Å². The van der Waals surface area contributed by atoms with Gasteiger partial charge in [0, 0.05) is 27.2 Å². The van der Waals surface area contributed by atoms with E-state index in [1.165, 1.54) is 30.9 Å². The molecule has 1 unspecified atom stereocenters. The molecule has 1 aromatic rings. The van der Waals surface area contributed by atoms with E-state index in [2.05, 4.69) is 60.4 Å². The fourth-order valence-corrected chi connectivity index (χ4v) is 2.68. The van der Waals surface area contributed by atoms with Crippen molar-refractivity contribution in [2.75, 3.05) is 50.1 Å². The van der Waals surface area contributed by atoms with Crippen LogP contribution in [0.15, 0.2) is 24.3 Å². The molecule has 0 saturated carbocycles. The van der Waals surface area contributed by atoms with Gasteiger partial charge in [-0.05, 0) is 37.6 Å². The molecule has 1 fully saturated rings. The van der Waals surface area contributed by atoms with Crippen molar-refractivity contribution < 1.29 is 0 Å². The fourth-order valence-electron chi connectivity index (χ4n) is 2.68. The molecule has 1 aliphatic rings. The minimum Gasteiger partial charge on any atom is -0.376 e. The van der Waals surface area contributed by atoms with Crippen LogP contribution >= 0.6 is 0 Å². The van der Waals surface area contributed by atoms with Crippen molar-refractivity contribution in [2.45, 2.75) is 13.3 Å². The molecular formula is C15H25N3. The molecule has 2 rings (SSSR count). The van der Waals surface area contributed by atoms with Crippen LogP contribution in [0.4, 0.5) is 11.4 Å². The maximum Gasteiger partial charge on any atom is 0.0603 e. The Morgan fingerprint density at radius 3 is 2.83 bits per heavy atom. The molecule has 1 aliphatic heterocycles. The molecule has 1 heterocycles. The number of nitrogens with one attached hydrogen (secondary N) is 1. The normalized spacial score (nSPS) is 19.3. The average Bonchev–Trinajstić information content (AvgIpc) is 2.85. The molecule has 0 amide bonds. The number of nitrogens with zero attached hydrogens (tertiary/aromatic N) is 2. The largest absolute Gasteiger partial charge is 0.376 e. The Morgan fingerprint density at radius 1 is 1.33 bits per heavy atom. The van der Waals surface area contributed by atoms with Crippen molar-refractivity contribution in [3.8, 4) is 0 Å². The Bertz CT molecular complexity index is 376. The Labute approximate surface area is 111 Å². The van der Waals surface area contributed by atoms with Crippen molar-refractivity contribution in [3.05, 3.63) is 24.3 Å². The number of anilines is 2. The zero-order valence-electron chi connectivity index (χ0n) is 11.8. The quantitative estimate of drug-likeness (QED) is 0.860. The summed E-state index contributed by atoms with van der Waals surface area (Å²) in [4.78, 5) is 4.73. The third-order valence-corrected chi connectivity index (χ3v) is 3.67. The van der Waals surface area contributed by atoms with Gasteiger partial charge in [0.15, 0.2) is 0 Å². The summed E-state index contributed by atoms with van der Waals surface area (Å²) in [5.74, 6) is 0.792. The van der Waals surface area contributed by atoms with E-state index in [0.717, 1.165) is 19.0 Å². The lowest BCUT2D eigenvalue weighted by Gasteiger charge is -2.25. The zero-order valence-corrected chi connectivity index (χ0v) is 11.8. The smallest absolute Gasteiger partial charge is 0.0603 e. The predicted molar refractivity (Wildman–Crippen MR) is 79.6 cm³/mol. The van der Waals surface area contributed by atoms with Crippen molar-refractivity contribution in [1.82, 2.24) is 5.32 Å². The first-order chi connectivity index (χ1) is 8.72. The summed E-state index contributed by atoms with van der Waals surface area (Å²) in [6, 6.07) is 8.70. The van der Waals surface area contributed by atoms with E-state index in [4.69, 9.17) is 0 Å². The second kappa shape index (κ2) is 6.10. The molecule has 0 radical (unpaired) electrons. The van der Waals surface area contributed by atoms with Gasteiger partial charge in [0.1, 0.15) is 0 Å². The molecular weight excluding hydrogens is 222 g/mol. The van der Waals surface area contributed by atoms with Crippen LogP contribution in [0.2, 0.25) is 0 Å². The van der Waals surface area contributed by atoms with Gasteiger partial charge in [0.05, 0.1) is 11.4 Å². The van der Waals surface area contributed by atoms with E-state index in [-0.39, 0.29) is 0 Å². The minimum absolute atomic E-state index is 0.792. The van der Waals surface area contributed by atoms with Gasteiger partial charge in [-0.3, -0.25) is 0 Å². The lowest BCUT2D eigenvalue weighted by Crippen LogP contribution is -2.27. The monoisotopic (exact) mass is 247 g/mol. The third-order valence-electron chi connectivity index (χ3n) is 3.67. The summed E-state index contributed by atoms with van der Waals surface area (Å²) in [5.41, 5.74) is 2.70. The summed E-state index contributed by atoms with van der Waals surface area (Å²) in [7, 11) is 4.23. The summed E-state index contributed by atoms with van der Waals surface area (Å²) in [6.07, 6.45) is 1.30. The van der Waals surface area contributed by atoms with E-state index in [1.54, 1.807) is 0 Å². The Hall–Kier alpha value is -1.22. The highest BCUT2D eigenvalue weighted by molar-refractivity contribution is 5.71. The average molecular weight is 247 g/mol. The van der Waals surface area contributed by atoms with Gasteiger partial charge in [0.25, 0.3) is 0 Å². The van der Waals surface area contributed by atoms with E-state index in [9.17, 15) is 0 Å². The predicted octanol–water partition coefficient (Wildman–Crippen LogP) is 2.19. The molecule has 3 heteroatoms. The number of hydrogen-bond acceptors (Lipinski definition) is 3. The summed E-state index contributed by atoms with van der Waals surface area (Å²) in [6.45, 7) is 6.76. The first kappa shape index (κ1) is 13.2. The highest BCUT2D eigenvalue weighted by Crippen LogP contribution is 2.31. The lowest BCUT2D eigenvalue weighted by molar-refractivity contribution is 0.528. The Morgan fingerprint density at radius 2 is 2.11 bits per heavy atom. The molecule has 0 aromatic heterocycles. The van der Waals surface area contributed by atoms with Gasteiger partial charge in [-0.1, -0.05) is 19.1 Å². The van der Waals surface area contributed by atoms with Crippen LogP contribution in [0.1, 0.15) is 13.3 Å². The van der Waals surface area contributed by atoms with Crippen LogP contribution < -0.4 is 15.1 Å². The maximum absolute atomic E-state index is 3.46. The van der Waals surface area contributed by atoms with Crippen molar-refractivity contribution in [1.29, 1.82) is 0 Å². The number of rotatable bonds is 5. The van der Waals surface area contributed by atoms with Crippen molar-refractivity contribution >= 4 is 11.4 Å². The molecule has 1 saturated heterocycles. The van der Waals surface area contributed by atoms with Crippen LogP contribution in [0.3, 0.4) is 0 Å². The van der Waals surface area contributed by atoms with Crippen molar-refractivity contribution in [3.63, 3.8) is 0 Å². The van der Waals surface area contributed by atoms with E-state index < -0.39 is 0 Å². The van der Waals surface area contributed by atoms with Crippen LogP contribution in [-0.4, -0.2) is 40.3 Å². The van der Waals surface area contributed by atoms with Gasteiger partial charge >= 0.3 is 0 Å². The molecule has 1 atom stereocenters. The van der Waals surface area contributed by atoms with Crippen LogP contribution in [0, 0.1) is 5.92 Å². The van der Waals surface area contributed by atoms with E-state index >= 15 is 0 Å². The van der Waals surface area contributed by atoms with E-state index in [1.807, 2.05) is 0 Å². The molecule has 0 aliphatic carbocycles. The van der Waals surface area contributed by atoms with Crippen LogP contribution in [-0.2, 0) is 0 Å². The number of para-hydroxylation sites is 2. The van der Waals surface area contributed by atoms with Crippen molar-refractivity contribution in [2.24, 2.45) is 5.92 Å². The molecule has 3 nitrogen and oxygen atoms in total. The minimum atomic E-state index is 0.792. The Kier molecular flexibility index (Phi) is 4.48. The zero-order chi connectivity index (χ0) is 13.0. The summed E-state index contributed by atoms with van der Waals surface area (Å²) >= 11 is 0. The molecule has 100 valence electrons. The van der Waals surface area contributed by atoms with Crippen LogP contribution in [0.25, 0.3) is 0 Å². The highest BCUT2D eigenvalue weighted by atomic mass is 15.2. The Balaban J connectivity index is 2.05. The first-order valence-electron chi connectivity index (χ1n) is 6.94. The lowest BCUT2D eigenvalue weighted by atomic mass is 10.1. The van der Waals surface area contributed by atoms with Gasteiger partial charge in [-0.15, -0.1) is 0 Å². The van der Waals surface area contributed by atoms with Gasteiger partial charge in [-0.25, -0.2) is 0 Å². The summed E-state index contributed by atoms with van der Waals surface area (Å²) in [5, 5.41) is 3.46. The van der Waals surface area contributed by atoms with Gasteiger partial charge < -0.3 is 15.1 Å². The number of hydrogen-bond donors (Lipinski definition) is 1. The third kappa shape index (κ3) is 2.96. The highest BCUT2D eigenvalue weighted by Gasteiger charge is 2.23. The maximum atomic E-state index is 3.46. The standard InChI is InChI=1S/C15H25N3/c1-4-16-11-13-9-10-18(12-13)15-8-6-5-7-14(15)17(2)3/h5-8,13,16H,4,9-12H2,1-3H3. The number of benzene rings is 1. The molecule has 1 aromatic carbocycles. The topological polar surface area (TPSA) is 18.5 Å². The van der Waals surface area contributed by atoms with Gasteiger partial charge in [-0.2, -0.15) is 0 Å². The first-order valence-corrected chi connectivity index (χ1v) is 6.94. The van der Waals surface area contributed by atoms with Gasteiger partial charge in [0.2, 0.25) is 0 Å². The molecule has 18 heavy (non-hydrogen) atoms. The molecule has 0 spiro atoms.